The molecule has 28 heavy (non-hydrogen) atoms. The molecule has 0 atom stereocenters. The summed E-state index contributed by atoms with van der Waals surface area (Å²) >= 11 is 0. The third-order valence-electron chi connectivity index (χ3n) is 4.71. The summed E-state index contributed by atoms with van der Waals surface area (Å²) in [5, 5.41) is 5.93. The second kappa shape index (κ2) is 8.04. The molecule has 0 saturated carbocycles. The lowest BCUT2D eigenvalue weighted by Crippen LogP contribution is -2.24. The SMILES string of the molecule is CNC(=O)c1cccc(NC(=O)CCn2cnc3c(C)cccc3c2=O)c1C. The summed E-state index contributed by atoms with van der Waals surface area (Å²) in [5.41, 5.74) is 3.21. The molecule has 0 aliphatic rings. The second-order valence-corrected chi connectivity index (χ2v) is 6.57. The number of amides is 2. The van der Waals surface area contributed by atoms with E-state index < -0.39 is 0 Å². The standard InChI is InChI=1S/C21H22N4O3/c1-13-6-4-8-16-19(13)23-12-25(21(16)28)11-10-18(26)24-17-9-5-7-15(14(17)2)20(27)22-3/h4-9,12H,10-11H2,1-3H3,(H,22,27)(H,24,26). The molecule has 2 aromatic carbocycles. The van der Waals surface area contributed by atoms with Gasteiger partial charge in [-0.05, 0) is 43.2 Å². The number of hydrogen-bond donors (Lipinski definition) is 2. The fourth-order valence-corrected chi connectivity index (χ4v) is 3.08. The van der Waals surface area contributed by atoms with Crippen molar-refractivity contribution in [1.29, 1.82) is 0 Å². The van der Waals surface area contributed by atoms with Gasteiger partial charge in [-0.15, -0.1) is 0 Å². The highest BCUT2D eigenvalue weighted by Crippen LogP contribution is 2.19. The number of hydrogen-bond acceptors (Lipinski definition) is 4. The number of nitrogens with zero attached hydrogens (tertiary/aromatic N) is 2. The first-order chi connectivity index (χ1) is 13.4. The zero-order valence-electron chi connectivity index (χ0n) is 16.1. The molecule has 0 aliphatic carbocycles. The predicted molar refractivity (Wildman–Crippen MR) is 109 cm³/mol. The van der Waals surface area contributed by atoms with Crippen molar-refractivity contribution in [1.82, 2.24) is 14.9 Å². The van der Waals surface area contributed by atoms with Gasteiger partial charge in [0.15, 0.2) is 0 Å². The molecular formula is C21H22N4O3. The number of rotatable bonds is 5. The lowest BCUT2D eigenvalue weighted by molar-refractivity contribution is -0.116. The van der Waals surface area contributed by atoms with Gasteiger partial charge in [0.2, 0.25) is 5.91 Å². The number of para-hydroxylation sites is 1. The second-order valence-electron chi connectivity index (χ2n) is 6.57. The maximum Gasteiger partial charge on any atom is 0.261 e. The average molecular weight is 378 g/mol. The first kappa shape index (κ1) is 19.3. The Morgan fingerprint density at radius 3 is 2.61 bits per heavy atom. The Morgan fingerprint density at radius 1 is 1.11 bits per heavy atom. The molecule has 3 rings (SSSR count). The largest absolute Gasteiger partial charge is 0.355 e. The monoisotopic (exact) mass is 378 g/mol. The number of fused-ring (bicyclic) bond motifs is 1. The zero-order valence-corrected chi connectivity index (χ0v) is 16.1. The Balaban J connectivity index is 1.74. The molecule has 0 spiro atoms. The maximum atomic E-state index is 12.6. The van der Waals surface area contributed by atoms with Crippen molar-refractivity contribution in [2.75, 3.05) is 12.4 Å². The Morgan fingerprint density at radius 2 is 1.86 bits per heavy atom. The molecule has 7 heteroatoms. The van der Waals surface area contributed by atoms with Crippen LogP contribution in [0.5, 0.6) is 0 Å². The molecule has 0 radical (unpaired) electrons. The average Bonchev–Trinajstić information content (AvgIpc) is 2.69. The van der Waals surface area contributed by atoms with Crippen LogP contribution in [-0.4, -0.2) is 28.4 Å². The van der Waals surface area contributed by atoms with E-state index in [1.54, 1.807) is 38.2 Å². The van der Waals surface area contributed by atoms with Crippen LogP contribution < -0.4 is 16.2 Å². The van der Waals surface area contributed by atoms with Crippen molar-refractivity contribution in [3.63, 3.8) is 0 Å². The van der Waals surface area contributed by atoms with Crippen molar-refractivity contribution in [2.24, 2.45) is 0 Å². The van der Waals surface area contributed by atoms with E-state index in [9.17, 15) is 14.4 Å². The Labute approximate surface area is 162 Å². The van der Waals surface area contributed by atoms with Crippen molar-refractivity contribution < 1.29 is 9.59 Å². The highest BCUT2D eigenvalue weighted by atomic mass is 16.2. The Hall–Kier alpha value is -3.48. The predicted octanol–water partition coefficient (Wildman–Crippen LogP) is 2.40. The quantitative estimate of drug-likeness (QED) is 0.713. The summed E-state index contributed by atoms with van der Waals surface area (Å²) < 4.78 is 1.44. The first-order valence-corrected chi connectivity index (χ1v) is 8.98. The van der Waals surface area contributed by atoms with Crippen LogP contribution in [-0.2, 0) is 11.3 Å². The molecular weight excluding hydrogens is 356 g/mol. The molecule has 3 aromatic rings. The van der Waals surface area contributed by atoms with Crippen LogP contribution >= 0.6 is 0 Å². The Kier molecular flexibility index (Phi) is 5.54. The maximum absolute atomic E-state index is 12.6. The highest BCUT2D eigenvalue weighted by Gasteiger charge is 2.13. The molecule has 2 N–H and O–H groups in total. The third-order valence-corrected chi connectivity index (χ3v) is 4.71. The number of carbonyl (C=O) groups is 2. The summed E-state index contributed by atoms with van der Waals surface area (Å²) in [7, 11) is 1.56. The van der Waals surface area contributed by atoms with Gasteiger partial charge in [-0.25, -0.2) is 4.98 Å². The number of aromatic nitrogens is 2. The number of benzene rings is 2. The lowest BCUT2D eigenvalue weighted by Gasteiger charge is -2.12. The van der Waals surface area contributed by atoms with E-state index in [1.807, 2.05) is 19.1 Å². The normalized spacial score (nSPS) is 10.7. The Bertz CT molecular complexity index is 1120. The molecule has 0 aliphatic heterocycles. The minimum atomic E-state index is -0.242. The third kappa shape index (κ3) is 3.78. The topological polar surface area (TPSA) is 93.1 Å². The smallest absolute Gasteiger partial charge is 0.261 e. The van der Waals surface area contributed by atoms with Crippen LogP contribution in [0.1, 0.15) is 27.9 Å². The summed E-state index contributed by atoms with van der Waals surface area (Å²) in [6, 6.07) is 10.6. The van der Waals surface area contributed by atoms with Crippen LogP contribution in [0.25, 0.3) is 10.9 Å². The van der Waals surface area contributed by atoms with E-state index in [2.05, 4.69) is 15.6 Å². The van der Waals surface area contributed by atoms with Crippen LogP contribution in [0.4, 0.5) is 5.69 Å². The zero-order chi connectivity index (χ0) is 20.3. The fraction of sp³-hybridized carbons (Fsp3) is 0.238. The van der Waals surface area contributed by atoms with Crippen LogP contribution in [0.2, 0.25) is 0 Å². The van der Waals surface area contributed by atoms with Gasteiger partial charge in [-0.2, -0.15) is 0 Å². The minimum absolute atomic E-state index is 0.114. The van der Waals surface area contributed by atoms with Gasteiger partial charge >= 0.3 is 0 Å². The number of carbonyl (C=O) groups excluding carboxylic acids is 2. The summed E-state index contributed by atoms with van der Waals surface area (Å²) in [6.07, 6.45) is 1.59. The van der Waals surface area contributed by atoms with Crippen LogP contribution in [0, 0.1) is 13.8 Å². The molecule has 1 heterocycles. The molecule has 0 saturated heterocycles. The lowest BCUT2D eigenvalue weighted by atomic mass is 10.1. The van der Waals surface area contributed by atoms with Gasteiger partial charge < -0.3 is 10.6 Å². The molecule has 0 bridgehead atoms. The van der Waals surface area contributed by atoms with E-state index >= 15 is 0 Å². The van der Waals surface area contributed by atoms with Gasteiger partial charge in [0, 0.05) is 31.3 Å². The summed E-state index contributed by atoms with van der Waals surface area (Å²) in [4.78, 5) is 41.2. The molecule has 0 unspecified atom stereocenters. The number of anilines is 1. The van der Waals surface area contributed by atoms with Crippen molar-refractivity contribution in [2.45, 2.75) is 26.8 Å². The van der Waals surface area contributed by atoms with Crippen molar-refractivity contribution in [3.05, 3.63) is 69.8 Å². The van der Waals surface area contributed by atoms with E-state index in [1.165, 1.54) is 10.9 Å². The first-order valence-electron chi connectivity index (χ1n) is 8.98. The van der Waals surface area contributed by atoms with Crippen molar-refractivity contribution in [3.8, 4) is 0 Å². The van der Waals surface area contributed by atoms with E-state index in [4.69, 9.17) is 0 Å². The van der Waals surface area contributed by atoms with Gasteiger partial charge in [0.05, 0.1) is 17.2 Å². The fourth-order valence-electron chi connectivity index (χ4n) is 3.08. The van der Waals surface area contributed by atoms with Gasteiger partial charge in [0.25, 0.3) is 11.5 Å². The summed E-state index contributed by atoms with van der Waals surface area (Å²) in [6.45, 7) is 3.90. The summed E-state index contributed by atoms with van der Waals surface area (Å²) in [5.74, 6) is -0.453. The van der Waals surface area contributed by atoms with Gasteiger partial charge in [0.1, 0.15) is 0 Å². The highest BCUT2D eigenvalue weighted by molar-refractivity contribution is 5.99. The molecule has 7 nitrogen and oxygen atoms in total. The van der Waals surface area contributed by atoms with E-state index in [-0.39, 0.29) is 30.3 Å². The molecule has 144 valence electrons. The van der Waals surface area contributed by atoms with Crippen LogP contribution in [0.15, 0.2) is 47.5 Å². The van der Waals surface area contributed by atoms with Gasteiger partial charge in [-0.1, -0.05) is 18.2 Å². The van der Waals surface area contributed by atoms with E-state index in [0.29, 0.717) is 27.7 Å². The van der Waals surface area contributed by atoms with Gasteiger partial charge in [-0.3, -0.25) is 19.0 Å². The molecule has 0 fully saturated rings. The molecule has 2 amide bonds. The van der Waals surface area contributed by atoms with Crippen LogP contribution in [0.3, 0.4) is 0 Å². The molecule has 1 aromatic heterocycles. The van der Waals surface area contributed by atoms with E-state index in [0.717, 1.165) is 5.56 Å². The number of aryl methyl sites for hydroxylation is 2. The minimum Gasteiger partial charge on any atom is -0.355 e. The number of nitrogens with one attached hydrogen (secondary N) is 2. The van der Waals surface area contributed by atoms with Crippen molar-refractivity contribution >= 4 is 28.4 Å².